The van der Waals surface area contributed by atoms with Crippen LogP contribution < -0.4 is 15.2 Å². The predicted octanol–water partition coefficient (Wildman–Crippen LogP) is 4.09. The number of ether oxygens (including phenoxy) is 2. The lowest BCUT2D eigenvalue weighted by Crippen LogP contribution is -2.03. The van der Waals surface area contributed by atoms with Crippen LogP contribution in [0.15, 0.2) is 46.9 Å². The summed E-state index contributed by atoms with van der Waals surface area (Å²) in [6.45, 7) is 1.28. The summed E-state index contributed by atoms with van der Waals surface area (Å²) in [5, 5.41) is 23.8. The average molecular weight is 478 g/mol. The topological polar surface area (TPSA) is 127 Å². The fraction of sp³-hybridized carbons (Fsp3) is 0.0909. The van der Waals surface area contributed by atoms with Crippen molar-refractivity contribution in [3.63, 3.8) is 0 Å². The molecule has 0 amide bonds. The molecule has 31 heavy (non-hydrogen) atoms. The van der Waals surface area contributed by atoms with Crippen LogP contribution in [0.2, 0.25) is 0 Å². The van der Waals surface area contributed by atoms with Crippen LogP contribution in [-0.4, -0.2) is 22.9 Å². The Balaban J connectivity index is 2.15. The van der Waals surface area contributed by atoms with Gasteiger partial charge in [0.15, 0.2) is 11.5 Å². The third kappa shape index (κ3) is 4.42. The molecular formula is C22H16BrN5O3. The number of carbonyl (C=O) groups is 1. The van der Waals surface area contributed by atoms with Gasteiger partial charge in [-0.2, -0.15) is 15.6 Å². The average Bonchev–Trinajstić information content (AvgIpc) is 3.09. The third-order valence-corrected chi connectivity index (χ3v) is 4.93. The zero-order valence-electron chi connectivity index (χ0n) is 16.6. The van der Waals surface area contributed by atoms with E-state index in [0.717, 1.165) is 0 Å². The lowest BCUT2D eigenvalue weighted by atomic mass is 10.1. The normalized spacial score (nSPS) is 10.8. The van der Waals surface area contributed by atoms with E-state index < -0.39 is 5.97 Å². The van der Waals surface area contributed by atoms with Crippen molar-refractivity contribution < 1.29 is 14.3 Å². The van der Waals surface area contributed by atoms with Crippen molar-refractivity contribution in [3.05, 3.63) is 63.8 Å². The van der Waals surface area contributed by atoms with E-state index in [-0.39, 0.29) is 28.4 Å². The maximum Gasteiger partial charge on any atom is 0.308 e. The van der Waals surface area contributed by atoms with Crippen LogP contribution in [0.5, 0.6) is 11.5 Å². The van der Waals surface area contributed by atoms with Crippen LogP contribution in [0.1, 0.15) is 23.7 Å². The van der Waals surface area contributed by atoms with Gasteiger partial charge in [0.05, 0.1) is 18.4 Å². The Morgan fingerprint density at radius 2 is 1.94 bits per heavy atom. The summed E-state index contributed by atoms with van der Waals surface area (Å²) in [6, 6.07) is 16.3. The SMILES string of the molecule is COc1cc(/C=C(\C#N)c2nn(-c3ccccc3)c(N)c2C#N)c(Br)cc1OC(C)=O. The van der Waals surface area contributed by atoms with E-state index in [0.29, 0.717) is 21.5 Å². The van der Waals surface area contributed by atoms with Gasteiger partial charge in [-0.1, -0.05) is 34.1 Å². The number of methoxy groups -OCH3 is 1. The number of hydrogen-bond donors (Lipinski definition) is 1. The zero-order chi connectivity index (χ0) is 22.5. The van der Waals surface area contributed by atoms with Gasteiger partial charge in [0.1, 0.15) is 29.2 Å². The van der Waals surface area contributed by atoms with E-state index in [1.54, 1.807) is 30.3 Å². The molecule has 2 N–H and O–H groups in total. The molecule has 1 aromatic heterocycles. The summed E-state index contributed by atoms with van der Waals surface area (Å²) >= 11 is 3.41. The highest BCUT2D eigenvalue weighted by Gasteiger charge is 2.21. The summed E-state index contributed by atoms with van der Waals surface area (Å²) in [5.74, 6) is 0.170. The summed E-state index contributed by atoms with van der Waals surface area (Å²) in [4.78, 5) is 11.3. The lowest BCUT2D eigenvalue weighted by molar-refractivity contribution is -0.132. The Labute approximate surface area is 186 Å². The molecule has 9 heteroatoms. The minimum atomic E-state index is -0.494. The summed E-state index contributed by atoms with van der Waals surface area (Å²) in [6.07, 6.45) is 1.54. The Hall–Kier alpha value is -4.08. The quantitative estimate of drug-likeness (QED) is 0.333. The van der Waals surface area contributed by atoms with Crippen LogP contribution in [0.25, 0.3) is 17.3 Å². The van der Waals surface area contributed by atoms with Crippen molar-refractivity contribution >= 4 is 39.4 Å². The first-order chi connectivity index (χ1) is 14.9. The van der Waals surface area contributed by atoms with Crippen molar-refractivity contribution in [2.75, 3.05) is 12.8 Å². The van der Waals surface area contributed by atoms with Crippen molar-refractivity contribution in [2.45, 2.75) is 6.92 Å². The minimum Gasteiger partial charge on any atom is -0.493 e. The number of aromatic nitrogens is 2. The van der Waals surface area contributed by atoms with Crippen LogP contribution in [-0.2, 0) is 4.79 Å². The van der Waals surface area contributed by atoms with Crippen molar-refractivity contribution in [2.24, 2.45) is 0 Å². The van der Waals surface area contributed by atoms with Crippen molar-refractivity contribution in [3.8, 4) is 29.3 Å². The van der Waals surface area contributed by atoms with Gasteiger partial charge in [-0.15, -0.1) is 0 Å². The number of rotatable bonds is 5. The van der Waals surface area contributed by atoms with Crippen LogP contribution in [0, 0.1) is 22.7 Å². The zero-order valence-corrected chi connectivity index (χ0v) is 18.2. The van der Waals surface area contributed by atoms with Crippen molar-refractivity contribution in [1.29, 1.82) is 10.5 Å². The van der Waals surface area contributed by atoms with E-state index in [1.165, 1.54) is 18.7 Å². The molecule has 0 spiro atoms. The van der Waals surface area contributed by atoms with E-state index in [4.69, 9.17) is 15.2 Å². The highest BCUT2D eigenvalue weighted by atomic mass is 79.9. The maximum absolute atomic E-state index is 11.3. The van der Waals surface area contributed by atoms with Gasteiger partial charge in [-0.05, 0) is 35.9 Å². The first-order valence-electron chi connectivity index (χ1n) is 8.91. The molecule has 0 atom stereocenters. The third-order valence-electron chi connectivity index (χ3n) is 4.25. The van der Waals surface area contributed by atoms with Gasteiger partial charge in [0.25, 0.3) is 0 Å². The largest absolute Gasteiger partial charge is 0.493 e. The standard InChI is InChI=1S/C22H16BrN5O3/c1-13(29)31-20-10-18(23)14(9-19(20)30-2)8-15(11-24)21-17(12-25)22(26)28(27-21)16-6-4-3-5-7-16/h3-10H,26H2,1-2H3/b15-8+. The summed E-state index contributed by atoms with van der Waals surface area (Å²) in [7, 11) is 1.44. The van der Waals surface area contributed by atoms with E-state index in [9.17, 15) is 15.3 Å². The number of nitrogens with two attached hydrogens (primary N) is 1. The fourth-order valence-corrected chi connectivity index (χ4v) is 3.30. The number of nitrogen functional groups attached to an aromatic ring is 1. The van der Waals surface area contributed by atoms with Gasteiger partial charge in [-0.25, -0.2) is 4.68 Å². The number of para-hydroxylation sites is 1. The molecular weight excluding hydrogens is 462 g/mol. The summed E-state index contributed by atoms with van der Waals surface area (Å²) < 4.78 is 12.4. The minimum absolute atomic E-state index is 0.0938. The molecule has 2 aromatic carbocycles. The Kier molecular flexibility index (Phi) is 6.39. The van der Waals surface area contributed by atoms with Crippen LogP contribution >= 0.6 is 15.9 Å². The Morgan fingerprint density at radius 3 is 2.52 bits per heavy atom. The van der Waals surface area contributed by atoms with Gasteiger partial charge < -0.3 is 15.2 Å². The first-order valence-corrected chi connectivity index (χ1v) is 9.71. The molecule has 0 aliphatic rings. The number of anilines is 1. The molecule has 3 rings (SSSR count). The van der Waals surface area contributed by atoms with Gasteiger partial charge in [0, 0.05) is 11.4 Å². The fourth-order valence-electron chi connectivity index (χ4n) is 2.86. The highest BCUT2D eigenvalue weighted by Crippen LogP contribution is 2.36. The number of halogens is 1. The molecule has 154 valence electrons. The Morgan fingerprint density at radius 1 is 1.23 bits per heavy atom. The summed E-state index contributed by atoms with van der Waals surface area (Å²) in [5.41, 5.74) is 7.73. The molecule has 0 saturated heterocycles. The van der Waals surface area contributed by atoms with Crippen LogP contribution in [0.3, 0.4) is 0 Å². The molecule has 0 aliphatic carbocycles. The maximum atomic E-state index is 11.3. The van der Waals surface area contributed by atoms with Gasteiger partial charge in [0.2, 0.25) is 0 Å². The molecule has 3 aromatic rings. The second-order valence-electron chi connectivity index (χ2n) is 6.26. The number of nitriles is 2. The number of carbonyl (C=O) groups excluding carboxylic acids is 1. The van der Waals surface area contributed by atoms with Gasteiger partial charge >= 0.3 is 5.97 Å². The smallest absolute Gasteiger partial charge is 0.308 e. The number of nitrogens with zero attached hydrogens (tertiary/aromatic N) is 4. The second kappa shape index (κ2) is 9.16. The van der Waals surface area contributed by atoms with E-state index >= 15 is 0 Å². The molecule has 0 unspecified atom stereocenters. The molecule has 0 fully saturated rings. The highest BCUT2D eigenvalue weighted by molar-refractivity contribution is 9.10. The lowest BCUT2D eigenvalue weighted by Gasteiger charge is -2.10. The monoisotopic (exact) mass is 477 g/mol. The second-order valence-corrected chi connectivity index (χ2v) is 7.11. The molecule has 0 bridgehead atoms. The number of hydrogen-bond acceptors (Lipinski definition) is 7. The van der Waals surface area contributed by atoms with Crippen molar-refractivity contribution in [1.82, 2.24) is 9.78 Å². The predicted molar refractivity (Wildman–Crippen MR) is 118 cm³/mol. The van der Waals surface area contributed by atoms with Gasteiger partial charge in [-0.3, -0.25) is 4.79 Å². The molecule has 0 saturated carbocycles. The van der Waals surface area contributed by atoms with E-state index in [2.05, 4.69) is 27.1 Å². The molecule has 0 aliphatic heterocycles. The molecule has 1 heterocycles. The number of benzene rings is 2. The molecule has 8 nitrogen and oxygen atoms in total. The Bertz CT molecular complexity index is 1270. The number of allylic oxidation sites excluding steroid dienone is 1. The van der Waals surface area contributed by atoms with E-state index in [1.807, 2.05) is 24.3 Å². The first kappa shape index (κ1) is 21.6. The number of esters is 1. The molecule has 0 radical (unpaired) electrons. The van der Waals surface area contributed by atoms with Crippen LogP contribution in [0.4, 0.5) is 5.82 Å².